The lowest BCUT2D eigenvalue weighted by Crippen LogP contribution is -2.39. The fourth-order valence-corrected chi connectivity index (χ4v) is 3.79. The molecular weight excluding hydrogens is 288 g/mol. The number of amides is 1. The fourth-order valence-electron chi connectivity index (χ4n) is 3.79. The van der Waals surface area contributed by atoms with Crippen molar-refractivity contribution in [3.63, 3.8) is 0 Å². The molecule has 4 rings (SSSR count). The van der Waals surface area contributed by atoms with Gasteiger partial charge in [-0.2, -0.15) is 0 Å². The van der Waals surface area contributed by atoms with Crippen LogP contribution in [0.25, 0.3) is 0 Å². The Bertz CT molecular complexity index is 687. The van der Waals surface area contributed by atoms with Gasteiger partial charge in [-0.3, -0.25) is 4.79 Å². The van der Waals surface area contributed by atoms with Gasteiger partial charge in [-0.15, -0.1) is 0 Å². The van der Waals surface area contributed by atoms with Crippen LogP contribution in [0.4, 0.5) is 0 Å². The van der Waals surface area contributed by atoms with Gasteiger partial charge >= 0.3 is 0 Å². The highest BCUT2D eigenvalue weighted by Crippen LogP contribution is 2.28. The van der Waals surface area contributed by atoms with E-state index >= 15 is 0 Å². The maximum atomic E-state index is 13.0. The molecular formula is C18H22N4O. The van der Waals surface area contributed by atoms with Crippen molar-refractivity contribution >= 4 is 5.91 Å². The highest BCUT2D eigenvalue weighted by molar-refractivity contribution is 5.96. The molecule has 1 aromatic carbocycles. The fraction of sp³-hybridized carbons (Fsp3) is 0.444. The number of H-pyrrole nitrogens is 1. The third-order valence-electron chi connectivity index (χ3n) is 5.11. The number of nitrogens with one attached hydrogen (secondary N) is 2. The lowest BCUT2D eigenvalue weighted by Gasteiger charge is -2.32. The molecule has 3 heterocycles. The summed E-state index contributed by atoms with van der Waals surface area (Å²) in [6, 6.07) is 6.13. The van der Waals surface area contributed by atoms with Gasteiger partial charge in [0.1, 0.15) is 0 Å². The first-order valence-electron chi connectivity index (χ1n) is 8.42. The second kappa shape index (κ2) is 6.16. The number of imidazole rings is 1. The van der Waals surface area contributed by atoms with Crippen LogP contribution in [0.5, 0.6) is 0 Å². The molecule has 1 amide bonds. The van der Waals surface area contributed by atoms with Crippen molar-refractivity contribution in [2.24, 2.45) is 0 Å². The van der Waals surface area contributed by atoms with E-state index in [-0.39, 0.29) is 5.91 Å². The Kier molecular flexibility index (Phi) is 3.87. The first-order valence-corrected chi connectivity index (χ1v) is 8.42. The predicted molar refractivity (Wildman–Crippen MR) is 88.3 cm³/mol. The van der Waals surface area contributed by atoms with Crippen molar-refractivity contribution < 1.29 is 4.79 Å². The third kappa shape index (κ3) is 2.77. The van der Waals surface area contributed by atoms with Gasteiger partial charge in [0.05, 0.1) is 6.33 Å². The Labute approximate surface area is 136 Å². The van der Waals surface area contributed by atoms with Crippen LogP contribution in [0, 0.1) is 0 Å². The summed E-state index contributed by atoms with van der Waals surface area (Å²) >= 11 is 0. The van der Waals surface area contributed by atoms with E-state index in [2.05, 4.69) is 21.4 Å². The zero-order chi connectivity index (χ0) is 15.6. The van der Waals surface area contributed by atoms with Crippen molar-refractivity contribution in [2.45, 2.75) is 31.7 Å². The second-order valence-electron chi connectivity index (χ2n) is 6.44. The maximum absolute atomic E-state index is 13.0. The number of carbonyl (C=O) groups excluding carboxylic acids is 1. The Morgan fingerprint density at radius 1 is 1.26 bits per heavy atom. The van der Waals surface area contributed by atoms with E-state index in [0.717, 1.165) is 51.0 Å². The number of nitrogens with zero attached hydrogens (tertiary/aromatic N) is 2. The molecule has 1 saturated heterocycles. The summed E-state index contributed by atoms with van der Waals surface area (Å²) in [7, 11) is 0. The quantitative estimate of drug-likeness (QED) is 0.893. The molecule has 2 N–H and O–H groups in total. The zero-order valence-electron chi connectivity index (χ0n) is 13.2. The van der Waals surface area contributed by atoms with Crippen LogP contribution < -0.4 is 5.32 Å². The number of aromatic amines is 1. The van der Waals surface area contributed by atoms with Gasteiger partial charge in [0, 0.05) is 43.0 Å². The minimum atomic E-state index is 0.201. The smallest absolute Gasteiger partial charge is 0.254 e. The van der Waals surface area contributed by atoms with E-state index in [0.29, 0.717) is 5.92 Å². The number of carbonyl (C=O) groups is 1. The predicted octanol–water partition coefficient (Wildman–Crippen LogP) is 2.08. The highest BCUT2D eigenvalue weighted by Gasteiger charge is 2.27. The number of likely N-dealkylation sites (tertiary alicyclic amines) is 1. The highest BCUT2D eigenvalue weighted by atomic mass is 16.2. The molecule has 5 heteroatoms. The van der Waals surface area contributed by atoms with Crippen LogP contribution >= 0.6 is 0 Å². The van der Waals surface area contributed by atoms with Crippen LogP contribution in [-0.4, -0.2) is 40.4 Å². The molecule has 0 aliphatic carbocycles. The lowest BCUT2D eigenvalue weighted by molar-refractivity contribution is 0.0710. The van der Waals surface area contributed by atoms with Crippen molar-refractivity contribution in [1.82, 2.24) is 20.2 Å². The topological polar surface area (TPSA) is 61.0 Å². The number of aromatic nitrogens is 2. The van der Waals surface area contributed by atoms with E-state index in [1.807, 2.05) is 23.2 Å². The molecule has 1 fully saturated rings. The van der Waals surface area contributed by atoms with Crippen molar-refractivity contribution in [1.29, 1.82) is 0 Å². The average molecular weight is 310 g/mol. The van der Waals surface area contributed by atoms with Crippen LogP contribution in [0.15, 0.2) is 30.7 Å². The normalized spacial score (nSPS) is 18.7. The number of piperidine rings is 1. The molecule has 120 valence electrons. The van der Waals surface area contributed by atoms with E-state index < -0.39 is 0 Å². The van der Waals surface area contributed by atoms with Crippen molar-refractivity contribution in [3.05, 3.63) is 53.1 Å². The molecule has 0 bridgehead atoms. The van der Waals surface area contributed by atoms with Gasteiger partial charge in [0.15, 0.2) is 0 Å². The molecule has 2 aliphatic rings. The molecule has 2 aliphatic heterocycles. The van der Waals surface area contributed by atoms with Gasteiger partial charge in [0.25, 0.3) is 5.91 Å². The Hall–Kier alpha value is -2.14. The van der Waals surface area contributed by atoms with Gasteiger partial charge in [-0.05, 0) is 43.0 Å². The van der Waals surface area contributed by atoms with E-state index in [4.69, 9.17) is 0 Å². The van der Waals surface area contributed by atoms with Crippen molar-refractivity contribution in [3.8, 4) is 0 Å². The van der Waals surface area contributed by atoms with Crippen LogP contribution in [0.3, 0.4) is 0 Å². The van der Waals surface area contributed by atoms with E-state index in [1.54, 1.807) is 6.33 Å². The molecule has 0 atom stereocenters. The van der Waals surface area contributed by atoms with Gasteiger partial charge in [-0.1, -0.05) is 12.1 Å². The molecule has 0 unspecified atom stereocenters. The largest absolute Gasteiger partial charge is 0.348 e. The summed E-state index contributed by atoms with van der Waals surface area (Å²) in [6.07, 6.45) is 6.59. The third-order valence-corrected chi connectivity index (χ3v) is 5.11. The Morgan fingerprint density at radius 3 is 2.91 bits per heavy atom. The standard InChI is InChI=1S/C18H22N4O/c23-18(16-3-1-2-14-10-19-7-4-15(14)16)22-8-5-13(6-9-22)17-11-20-12-21-17/h1-3,11-13,19H,4-10H2,(H,20,21). The molecule has 1 aromatic heterocycles. The summed E-state index contributed by atoms with van der Waals surface area (Å²) in [5.74, 6) is 0.697. The molecule has 0 radical (unpaired) electrons. The minimum absolute atomic E-state index is 0.201. The van der Waals surface area contributed by atoms with Crippen LogP contribution in [0.2, 0.25) is 0 Å². The minimum Gasteiger partial charge on any atom is -0.348 e. The zero-order valence-corrected chi connectivity index (χ0v) is 13.2. The molecule has 0 spiro atoms. The summed E-state index contributed by atoms with van der Waals surface area (Å²) in [6.45, 7) is 3.48. The lowest BCUT2D eigenvalue weighted by atomic mass is 9.91. The summed E-state index contributed by atoms with van der Waals surface area (Å²) in [5, 5.41) is 3.37. The van der Waals surface area contributed by atoms with Crippen molar-refractivity contribution in [2.75, 3.05) is 19.6 Å². The number of benzene rings is 1. The number of rotatable bonds is 2. The van der Waals surface area contributed by atoms with E-state index in [9.17, 15) is 4.79 Å². The van der Waals surface area contributed by atoms with Gasteiger partial charge < -0.3 is 15.2 Å². The van der Waals surface area contributed by atoms with Crippen LogP contribution in [0.1, 0.15) is 45.9 Å². The Balaban J connectivity index is 1.48. The maximum Gasteiger partial charge on any atom is 0.254 e. The van der Waals surface area contributed by atoms with Crippen LogP contribution in [-0.2, 0) is 13.0 Å². The van der Waals surface area contributed by atoms with Gasteiger partial charge in [-0.25, -0.2) is 4.98 Å². The summed E-state index contributed by atoms with van der Waals surface area (Å²) in [5.41, 5.74) is 4.62. The second-order valence-corrected chi connectivity index (χ2v) is 6.44. The average Bonchev–Trinajstić information content (AvgIpc) is 3.15. The number of hydrogen-bond donors (Lipinski definition) is 2. The molecule has 23 heavy (non-hydrogen) atoms. The molecule has 0 saturated carbocycles. The Morgan fingerprint density at radius 2 is 2.13 bits per heavy atom. The van der Waals surface area contributed by atoms with Gasteiger partial charge in [0.2, 0.25) is 0 Å². The van der Waals surface area contributed by atoms with E-state index in [1.165, 1.54) is 16.8 Å². The SMILES string of the molecule is O=C(c1cccc2c1CCNC2)N1CCC(c2cnc[nH]2)CC1. The molecule has 2 aromatic rings. The summed E-state index contributed by atoms with van der Waals surface area (Å²) in [4.78, 5) is 22.3. The summed E-state index contributed by atoms with van der Waals surface area (Å²) < 4.78 is 0. The first-order chi connectivity index (χ1) is 11.3. The first kappa shape index (κ1) is 14.5. The number of hydrogen-bond acceptors (Lipinski definition) is 3. The molecule has 5 nitrogen and oxygen atoms in total. The number of fused-ring (bicyclic) bond motifs is 1. The monoisotopic (exact) mass is 310 g/mol.